The van der Waals surface area contributed by atoms with Crippen molar-refractivity contribution in [3.05, 3.63) is 118 Å². The van der Waals surface area contributed by atoms with Gasteiger partial charge in [0.1, 0.15) is 42.9 Å². The number of aliphatic hydroxyl groups is 1. The second kappa shape index (κ2) is 14.7. The number of β-amino-alcohol motifs (C(OH)–C–C–N with tert-alkyl or cyclic N) is 1. The number of benzene rings is 2. The number of ether oxygens (including phenoxy) is 2. The SMILES string of the molecule is C=C/C=C\C=C(/C)c1cccc(COc2cc(OCc3cncc(C#N)c3)c(CN3C[C@H](O)C[C@H]3C(=O)O)c3c2CCC3)c1C#N. The lowest BCUT2D eigenvalue weighted by atomic mass is 9.96. The fourth-order valence-electron chi connectivity index (χ4n) is 6.23. The third-order valence-electron chi connectivity index (χ3n) is 8.45. The molecule has 1 aromatic heterocycles. The second-order valence-electron chi connectivity index (χ2n) is 11.5. The zero-order chi connectivity index (χ0) is 32.6. The Morgan fingerprint density at radius 3 is 2.67 bits per heavy atom. The monoisotopic (exact) mass is 616 g/mol. The van der Waals surface area contributed by atoms with E-state index in [9.17, 15) is 25.5 Å². The fourth-order valence-corrected chi connectivity index (χ4v) is 6.23. The van der Waals surface area contributed by atoms with Gasteiger partial charge >= 0.3 is 5.97 Å². The summed E-state index contributed by atoms with van der Waals surface area (Å²) in [5, 5.41) is 39.6. The fraction of sp³-hybridized carbons (Fsp3) is 0.297. The molecular formula is C37H36N4O5. The summed E-state index contributed by atoms with van der Waals surface area (Å²) >= 11 is 0. The van der Waals surface area contributed by atoms with Crippen LogP contribution in [0.1, 0.15) is 64.3 Å². The van der Waals surface area contributed by atoms with E-state index in [1.807, 2.05) is 49.4 Å². The third-order valence-corrected chi connectivity index (χ3v) is 8.45. The van der Waals surface area contributed by atoms with Gasteiger partial charge in [-0.3, -0.25) is 14.7 Å². The number of hydrogen-bond donors (Lipinski definition) is 2. The highest BCUT2D eigenvalue weighted by Crippen LogP contribution is 2.41. The van der Waals surface area contributed by atoms with E-state index in [-0.39, 0.29) is 26.2 Å². The van der Waals surface area contributed by atoms with Crippen LogP contribution in [0.15, 0.2) is 73.6 Å². The van der Waals surface area contributed by atoms with Crippen LogP contribution in [-0.2, 0) is 37.4 Å². The highest BCUT2D eigenvalue weighted by atomic mass is 16.5. The van der Waals surface area contributed by atoms with Crippen molar-refractivity contribution < 1.29 is 24.5 Å². The van der Waals surface area contributed by atoms with Crippen molar-refractivity contribution in [3.8, 4) is 23.6 Å². The number of rotatable bonds is 12. The lowest BCUT2D eigenvalue weighted by molar-refractivity contribution is -0.142. The molecule has 2 N–H and O–H groups in total. The van der Waals surface area contributed by atoms with Crippen LogP contribution >= 0.6 is 0 Å². The molecule has 2 atom stereocenters. The number of pyridine rings is 1. The molecule has 2 aliphatic rings. The van der Waals surface area contributed by atoms with Crippen LogP contribution in [0.4, 0.5) is 0 Å². The number of allylic oxidation sites excluding steroid dienone is 5. The van der Waals surface area contributed by atoms with Crippen LogP contribution in [0, 0.1) is 22.7 Å². The standard InChI is InChI=1S/C37H36N4O5/c1-3-4-5-8-24(2)29-10-6-9-27(32(29)17-39)23-46-35-15-36(45-22-26-13-25(16-38)18-40-19-26)33(30-11-7-12-31(30)35)21-41-20-28(42)14-34(41)37(43)44/h3-6,8-10,13,15,18-19,28,34,42H,1,7,11-12,14,20-23H2,2H3,(H,43,44)/b5-4-,24-8+/t28-,34+/m1/s1. The van der Waals surface area contributed by atoms with E-state index in [4.69, 9.17) is 9.47 Å². The Hall–Kier alpha value is -5.22. The zero-order valence-electron chi connectivity index (χ0n) is 25.8. The molecule has 0 amide bonds. The first-order valence-electron chi connectivity index (χ1n) is 15.2. The highest BCUT2D eigenvalue weighted by molar-refractivity contribution is 5.74. The summed E-state index contributed by atoms with van der Waals surface area (Å²) in [7, 11) is 0. The lowest BCUT2D eigenvalue weighted by Gasteiger charge is -2.25. The number of carboxylic acid groups (broad SMARTS) is 1. The molecule has 0 unspecified atom stereocenters. The van der Waals surface area contributed by atoms with Crippen LogP contribution in [0.25, 0.3) is 5.57 Å². The summed E-state index contributed by atoms with van der Waals surface area (Å²) in [6, 6.07) is 12.9. The number of fused-ring (bicyclic) bond motifs is 1. The molecule has 2 aromatic carbocycles. The highest BCUT2D eigenvalue weighted by Gasteiger charge is 2.37. The van der Waals surface area contributed by atoms with Gasteiger partial charge in [0.25, 0.3) is 0 Å². The second-order valence-corrected chi connectivity index (χ2v) is 11.5. The van der Waals surface area contributed by atoms with Gasteiger partial charge < -0.3 is 19.7 Å². The summed E-state index contributed by atoms with van der Waals surface area (Å²) < 4.78 is 12.8. The van der Waals surface area contributed by atoms with E-state index in [1.165, 1.54) is 6.20 Å². The zero-order valence-corrected chi connectivity index (χ0v) is 25.8. The van der Waals surface area contributed by atoms with E-state index in [0.29, 0.717) is 29.2 Å². The smallest absolute Gasteiger partial charge is 0.321 e. The van der Waals surface area contributed by atoms with Gasteiger partial charge in [0.15, 0.2) is 0 Å². The minimum Gasteiger partial charge on any atom is -0.488 e. The van der Waals surface area contributed by atoms with Crippen LogP contribution in [0.5, 0.6) is 11.5 Å². The molecule has 1 fully saturated rings. The van der Waals surface area contributed by atoms with Crippen LogP contribution in [-0.4, -0.2) is 44.8 Å². The maximum atomic E-state index is 12.0. The molecule has 1 aliphatic carbocycles. The minimum atomic E-state index is -0.965. The molecule has 9 heteroatoms. The van der Waals surface area contributed by atoms with Gasteiger partial charge in [0, 0.05) is 54.7 Å². The normalized spacial score (nSPS) is 17.8. The lowest BCUT2D eigenvalue weighted by Crippen LogP contribution is -2.35. The quantitative estimate of drug-likeness (QED) is 0.248. The summed E-state index contributed by atoms with van der Waals surface area (Å²) in [6.07, 6.45) is 12.4. The molecule has 0 bridgehead atoms. The van der Waals surface area contributed by atoms with Gasteiger partial charge in [-0.1, -0.05) is 49.1 Å². The molecule has 0 spiro atoms. The van der Waals surface area contributed by atoms with Gasteiger partial charge in [0.2, 0.25) is 0 Å². The van der Waals surface area contributed by atoms with E-state index < -0.39 is 18.1 Å². The molecule has 2 heterocycles. The van der Waals surface area contributed by atoms with Gasteiger partial charge in [0.05, 0.1) is 17.2 Å². The molecule has 0 radical (unpaired) electrons. The minimum absolute atomic E-state index is 0.144. The van der Waals surface area contributed by atoms with Crippen molar-refractivity contribution in [1.29, 1.82) is 10.5 Å². The molecule has 9 nitrogen and oxygen atoms in total. The van der Waals surface area contributed by atoms with Crippen molar-refractivity contribution in [2.75, 3.05) is 6.54 Å². The summed E-state index contributed by atoms with van der Waals surface area (Å²) in [4.78, 5) is 18.0. The first kappa shape index (κ1) is 32.2. The number of nitriles is 2. The number of aliphatic carboxylic acids is 1. The molecule has 5 rings (SSSR count). The van der Waals surface area contributed by atoms with Gasteiger partial charge in [-0.25, -0.2) is 0 Å². The van der Waals surface area contributed by atoms with Crippen LogP contribution in [0.2, 0.25) is 0 Å². The van der Waals surface area contributed by atoms with Gasteiger partial charge in [-0.05, 0) is 54.5 Å². The van der Waals surface area contributed by atoms with E-state index in [2.05, 4.69) is 23.7 Å². The Labute approximate surface area is 269 Å². The molecule has 1 saturated heterocycles. The number of carboxylic acids is 1. The van der Waals surface area contributed by atoms with Crippen molar-refractivity contribution in [1.82, 2.24) is 9.88 Å². The average molecular weight is 617 g/mol. The van der Waals surface area contributed by atoms with E-state index in [1.54, 1.807) is 23.2 Å². The van der Waals surface area contributed by atoms with E-state index in [0.717, 1.165) is 58.2 Å². The van der Waals surface area contributed by atoms with Crippen molar-refractivity contribution >= 4 is 11.5 Å². The van der Waals surface area contributed by atoms with Crippen molar-refractivity contribution in [2.45, 2.75) is 64.5 Å². The molecule has 234 valence electrons. The van der Waals surface area contributed by atoms with E-state index >= 15 is 0 Å². The maximum absolute atomic E-state index is 12.0. The predicted octanol–water partition coefficient (Wildman–Crippen LogP) is 5.64. The largest absolute Gasteiger partial charge is 0.488 e. The number of carbonyl (C=O) groups is 1. The average Bonchev–Trinajstić information content (AvgIpc) is 3.70. The molecule has 3 aromatic rings. The number of hydrogen-bond acceptors (Lipinski definition) is 8. The van der Waals surface area contributed by atoms with Gasteiger partial charge in [-0.2, -0.15) is 10.5 Å². The summed E-state index contributed by atoms with van der Waals surface area (Å²) in [6.45, 7) is 6.52. The molecule has 1 aliphatic heterocycles. The number of aliphatic hydroxyl groups excluding tert-OH is 1. The maximum Gasteiger partial charge on any atom is 0.321 e. The first-order chi connectivity index (χ1) is 22.3. The number of likely N-dealkylation sites (tertiary alicyclic amines) is 1. The summed E-state index contributed by atoms with van der Waals surface area (Å²) in [5.74, 6) is 0.236. The molecule has 46 heavy (non-hydrogen) atoms. The van der Waals surface area contributed by atoms with Crippen LogP contribution in [0.3, 0.4) is 0 Å². The van der Waals surface area contributed by atoms with Crippen molar-refractivity contribution in [2.24, 2.45) is 0 Å². The Morgan fingerprint density at radius 1 is 1.11 bits per heavy atom. The Balaban J connectivity index is 1.49. The van der Waals surface area contributed by atoms with Gasteiger partial charge in [-0.15, -0.1) is 0 Å². The Bertz CT molecular complexity index is 1780. The molecular weight excluding hydrogens is 580 g/mol. The predicted molar refractivity (Wildman–Crippen MR) is 173 cm³/mol. The molecule has 0 saturated carbocycles. The Morgan fingerprint density at radius 2 is 1.91 bits per heavy atom. The topological polar surface area (TPSA) is 140 Å². The Kier molecular flexibility index (Phi) is 10.3. The summed E-state index contributed by atoms with van der Waals surface area (Å²) in [5.41, 5.74) is 7.19. The number of aromatic nitrogens is 1. The number of nitrogens with zero attached hydrogens (tertiary/aromatic N) is 4. The third kappa shape index (κ3) is 7.18. The van der Waals surface area contributed by atoms with Crippen LogP contribution < -0.4 is 9.47 Å². The van der Waals surface area contributed by atoms with Crippen molar-refractivity contribution in [3.63, 3.8) is 0 Å². The first-order valence-corrected chi connectivity index (χ1v) is 15.2.